The molecule has 1 saturated heterocycles. The fraction of sp³-hybridized carbons (Fsp3) is 0.323. The molecule has 1 atom stereocenters. The molecule has 1 aliphatic heterocycles. The van der Waals surface area contributed by atoms with Gasteiger partial charge in [0.1, 0.15) is 23.8 Å². The van der Waals surface area contributed by atoms with Gasteiger partial charge in [-0.05, 0) is 73.9 Å². The number of sulfonamides is 1. The number of amides is 2. The summed E-state index contributed by atoms with van der Waals surface area (Å²) in [6, 6.07) is 17.7. The average Bonchev–Trinajstić information content (AvgIpc) is 3.56. The van der Waals surface area contributed by atoms with E-state index in [-0.39, 0.29) is 35.0 Å². The first-order chi connectivity index (χ1) is 21.2. The Morgan fingerprint density at radius 1 is 1.00 bits per heavy atom. The van der Waals surface area contributed by atoms with Crippen LogP contribution in [-0.2, 0) is 24.3 Å². The number of nitrogens with one attached hydrogen (secondary N) is 2. The summed E-state index contributed by atoms with van der Waals surface area (Å²) in [5, 5.41) is 6.77. The Labute approximate surface area is 257 Å². The maximum absolute atomic E-state index is 13.7. The van der Waals surface area contributed by atoms with Crippen molar-refractivity contribution >= 4 is 33.7 Å². The summed E-state index contributed by atoms with van der Waals surface area (Å²) in [6.45, 7) is 2.32. The lowest BCUT2D eigenvalue weighted by atomic mass is 10.2. The van der Waals surface area contributed by atoms with Gasteiger partial charge >= 0.3 is 0 Å². The van der Waals surface area contributed by atoms with Gasteiger partial charge in [-0.15, -0.1) is 0 Å². The van der Waals surface area contributed by atoms with E-state index < -0.39 is 22.5 Å². The minimum Gasteiger partial charge on any atom is -0.497 e. The molecule has 1 fully saturated rings. The van der Waals surface area contributed by atoms with Gasteiger partial charge in [0.05, 0.1) is 37.1 Å². The van der Waals surface area contributed by atoms with Gasteiger partial charge in [-0.1, -0.05) is 17.7 Å². The van der Waals surface area contributed by atoms with Crippen LogP contribution in [0.4, 0.5) is 5.69 Å². The Hall–Kier alpha value is -4.62. The standard InChI is InChI=1S/C31H36N4O8S/c1-22-6-13-27(14-7-22)44(38,39)35(28-17-25(40-2)12-15-29(28)41-3)20-30(36)34-33-18-23-8-10-24(11-9-23)43-21-31(37)32-19-26-5-4-16-42-26/h6-15,17-18,26H,4-5,16,19-21H2,1-3H3,(H,32,37)(H,34,36)/b33-18-/t26-/m1/s1. The van der Waals surface area contributed by atoms with Gasteiger partial charge in [-0.2, -0.15) is 5.10 Å². The molecule has 0 spiro atoms. The zero-order valence-corrected chi connectivity index (χ0v) is 25.6. The lowest BCUT2D eigenvalue weighted by Crippen LogP contribution is -2.39. The predicted molar refractivity (Wildman–Crippen MR) is 165 cm³/mol. The van der Waals surface area contributed by atoms with E-state index in [1.165, 1.54) is 38.6 Å². The van der Waals surface area contributed by atoms with Crippen molar-refractivity contribution in [1.29, 1.82) is 0 Å². The molecule has 0 aromatic heterocycles. The first kappa shape index (κ1) is 32.3. The van der Waals surface area contributed by atoms with Crippen LogP contribution in [0.1, 0.15) is 24.0 Å². The SMILES string of the molecule is COc1ccc(OC)c(N(CC(=O)N/N=C\c2ccc(OCC(=O)NC[C@H]3CCCO3)cc2)S(=O)(=O)c2ccc(C)cc2)c1. The first-order valence-electron chi connectivity index (χ1n) is 13.9. The fourth-order valence-electron chi connectivity index (χ4n) is 4.36. The molecule has 3 aromatic rings. The molecule has 2 amide bonds. The van der Waals surface area contributed by atoms with Gasteiger partial charge in [0.15, 0.2) is 6.61 Å². The molecule has 12 nitrogen and oxygen atoms in total. The van der Waals surface area contributed by atoms with E-state index in [0.29, 0.717) is 23.6 Å². The van der Waals surface area contributed by atoms with Crippen LogP contribution in [0.5, 0.6) is 17.2 Å². The van der Waals surface area contributed by atoms with Gasteiger partial charge < -0.3 is 24.3 Å². The third-order valence-corrected chi connectivity index (χ3v) is 8.53. The zero-order valence-electron chi connectivity index (χ0n) is 24.8. The van der Waals surface area contributed by atoms with Crippen LogP contribution in [0, 0.1) is 6.92 Å². The number of methoxy groups -OCH3 is 2. The minimum absolute atomic E-state index is 0.00638. The number of anilines is 1. The van der Waals surface area contributed by atoms with Crippen LogP contribution in [0.25, 0.3) is 0 Å². The Morgan fingerprint density at radius 3 is 2.39 bits per heavy atom. The van der Waals surface area contributed by atoms with Crippen molar-refractivity contribution in [2.75, 3.05) is 44.8 Å². The topological polar surface area (TPSA) is 145 Å². The van der Waals surface area contributed by atoms with Crippen LogP contribution >= 0.6 is 0 Å². The number of aryl methyl sites for hydroxylation is 1. The number of rotatable bonds is 14. The summed E-state index contributed by atoms with van der Waals surface area (Å²) >= 11 is 0. The van der Waals surface area contributed by atoms with Crippen molar-refractivity contribution in [2.24, 2.45) is 5.10 Å². The van der Waals surface area contributed by atoms with Crippen molar-refractivity contribution in [3.8, 4) is 17.2 Å². The van der Waals surface area contributed by atoms with E-state index in [0.717, 1.165) is 29.3 Å². The molecule has 13 heteroatoms. The highest BCUT2D eigenvalue weighted by Crippen LogP contribution is 2.35. The second-order valence-corrected chi connectivity index (χ2v) is 11.8. The van der Waals surface area contributed by atoms with Gasteiger partial charge in [0.25, 0.3) is 21.8 Å². The number of ether oxygens (including phenoxy) is 4. The number of carbonyl (C=O) groups is 2. The molecule has 3 aromatic carbocycles. The minimum atomic E-state index is -4.19. The first-order valence-corrected chi connectivity index (χ1v) is 15.4. The number of carbonyl (C=O) groups excluding carboxylic acids is 2. The van der Waals surface area contributed by atoms with Gasteiger partial charge in [-0.3, -0.25) is 13.9 Å². The number of hydrazone groups is 1. The van der Waals surface area contributed by atoms with E-state index in [4.69, 9.17) is 18.9 Å². The molecule has 2 N–H and O–H groups in total. The summed E-state index contributed by atoms with van der Waals surface area (Å²) in [4.78, 5) is 25.0. The molecule has 4 rings (SSSR count). The molecule has 1 heterocycles. The number of hydrogen-bond donors (Lipinski definition) is 2. The fourth-order valence-corrected chi connectivity index (χ4v) is 5.78. The molecule has 0 radical (unpaired) electrons. The third-order valence-electron chi connectivity index (χ3n) is 6.75. The van der Waals surface area contributed by atoms with E-state index >= 15 is 0 Å². The van der Waals surface area contributed by atoms with E-state index in [1.807, 2.05) is 6.92 Å². The number of benzene rings is 3. The highest BCUT2D eigenvalue weighted by Gasteiger charge is 2.30. The Morgan fingerprint density at radius 2 is 1.73 bits per heavy atom. The molecule has 0 unspecified atom stereocenters. The summed E-state index contributed by atoms with van der Waals surface area (Å²) in [6.07, 6.45) is 3.40. The monoisotopic (exact) mass is 624 g/mol. The Kier molecular flexibility index (Phi) is 11.2. The molecule has 0 saturated carbocycles. The highest BCUT2D eigenvalue weighted by molar-refractivity contribution is 7.92. The Balaban J connectivity index is 1.39. The summed E-state index contributed by atoms with van der Waals surface area (Å²) in [5.74, 6) is 0.188. The van der Waals surface area contributed by atoms with Crippen LogP contribution in [0.15, 0.2) is 76.7 Å². The largest absolute Gasteiger partial charge is 0.497 e. The maximum atomic E-state index is 13.7. The van der Waals surface area contributed by atoms with Gasteiger partial charge in [0.2, 0.25) is 0 Å². The number of nitrogens with zero attached hydrogens (tertiary/aromatic N) is 2. The van der Waals surface area contributed by atoms with Crippen molar-refractivity contribution in [2.45, 2.75) is 30.8 Å². The molecular formula is C31H36N4O8S. The molecule has 234 valence electrons. The quantitative estimate of drug-likeness (QED) is 0.206. The zero-order chi connectivity index (χ0) is 31.5. The van der Waals surface area contributed by atoms with Crippen LogP contribution < -0.4 is 29.3 Å². The van der Waals surface area contributed by atoms with Crippen molar-refractivity contribution in [3.63, 3.8) is 0 Å². The summed E-state index contributed by atoms with van der Waals surface area (Å²) < 4.78 is 50.1. The van der Waals surface area contributed by atoms with Gasteiger partial charge in [0, 0.05) is 19.2 Å². The molecule has 44 heavy (non-hydrogen) atoms. The average molecular weight is 625 g/mol. The van der Waals surface area contributed by atoms with Crippen molar-refractivity contribution in [1.82, 2.24) is 10.7 Å². The molecular weight excluding hydrogens is 588 g/mol. The van der Waals surface area contributed by atoms with Crippen LogP contribution in [0.3, 0.4) is 0 Å². The summed E-state index contributed by atoms with van der Waals surface area (Å²) in [7, 11) is -1.33. The smallest absolute Gasteiger partial charge is 0.264 e. The molecule has 0 bridgehead atoms. The third kappa shape index (κ3) is 8.71. The lowest BCUT2D eigenvalue weighted by molar-refractivity contribution is -0.123. The van der Waals surface area contributed by atoms with Crippen molar-refractivity contribution < 1.29 is 37.0 Å². The predicted octanol–water partition coefficient (Wildman–Crippen LogP) is 3.03. The van der Waals surface area contributed by atoms with Crippen LogP contribution in [0.2, 0.25) is 0 Å². The number of hydrogen-bond acceptors (Lipinski definition) is 9. The van der Waals surface area contributed by atoms with Gasteiger partial charge in [-0.25, -0.2) is 13.8 Å². The normalized spacial score (nSPS) is 14.7. The van der Waals surface area contributed by atoms with E-state index in [1.54, 1.807) is 48.5 Å². The lowest BCUT2D eigenvalue weighted by Gasteiger charge is -2.25. The van der Waals surface area contributed by atoms with Crippen molar-refractivity contribution in [3.05, 3.63) is 77.9 Å². The second-order valence-electron chi connectivity index (χ2n) is 9.95. The maximum Gasteiger partial charge on any atom is 0.264 e. The summed E-state index contributed by atoms with van der Waals surface area (Å²) in [5.41, 5.74) is 4.03. The second kappa shape index (κ2) is 15.2. The highest BCUT2D eigenvalue weighted by atomic mass is 32.2. The Bertz CT molecular complexity index is 1550. The molecule has 1 aliphatic rings. The van der Waals surface area contributed by atoms with Crippen LogP contribution in [-0.4, -0.2) is 73.1 Å². The molecule has 0 aliphatic carbocycles. The van der Waals surface area contributed by atoms with E-state index in [2.05, 4.69) is 15.8 Å². The van der Waals surface area contributed by atoms with E-state index in [9.17, 15) is 18.0 Å².